The van der Waals surface area contributed by atoms with Crippen molar-refractivity contribution in [2.45, 2.75) is 25.3 Å². The molecule has 1 saturated carbocycles. The number of hydrogen-bond acceptors (Lipinski definition) is 5. The third-order valence-corrected chi connectivity index (χ3v) is 4.95. The molecule has 0 aromatic carbocycles. The topological polar surface area (TPSA) is 72.7 Å². The lowest BCUT2D eigenvalue weighted by Crippen LogP contribution is -2.25. The smallest absolute Gasteiger partial charge is 0.269 e. The van der Waals surface area contributed by atoms with Crippen LogP contribution in [0.15, 0.2) is 36.0 Å². The SMILES string of the molecule is Cn1nc(-c2cccs2)cc1C(=O)NCc1cc(C2CC2)ncn1. The first-order valence-corrected chi connectivity index (χ1v) is 8.75. The summed E-state index contributed by atoms with van der Waals surface area (Å²) in [6.45, 7) is 0.389. The Morgan fingerprint density at radius 1 is 1.38 bits per heavy atom. The molecule has 24 heavy (non-hydrogen) atoms. The van der Waals surface area contributed by atoms with Gasteiger partial charge in [0.25, 0.3) is 5.91 Å². The van der Waals surface area contributed by atoms with Crippen LogP contribution in [0.5, 0.6) is 0 Å². The Morgan fingerprint density at radius 3 is 3.00 bits per heavy atom. The maximum absolute atomic E-state index is 12.4. The summed E-state index contributed by atoms with van der Waals surface area (Å²) < 4.78 is 1.61. The number of carbonyl (C=O) groups is 1. The number of thiophene rings is 1. The van der Waals surface area contributed by atoms with Crippen molar-refractivity contribution in [1.29, 1.82) is 0 Å². The molecule has 3 aromatic rings. The van der Waals surface area contributed by atoms with Gasteiger partial charge in [0.05, 0.1) is 17.1 Å². The fourth-order valence-electron chi connectivity index (χ4n) is 2.60. The van der Waals surface area contributed by atoms with E-state index in [4.69, 9.17) is 0 Å². The van der Waals surface area contributed by atoms with Gasteiger partial charge in [0.2, 0.25) is 0 Å². The number of aryl methyl sites for hydroxylation is 1. The molecule has 1 fully saturated rings. The predicted octanol–water partition coefficient (Wildman–Crippen LogP) is 2.75. The van der Waals surface area contributed by atoms with Crippen LogP contribution in [0.2, 0.25) is 0 Å². The number of carbonyl (C=O) groups excluding carboxylic acids is 1. The molecule has 7 heteroatoms. The molecular weight excluding hydrogens is 322 g/mol. The zero-order valence-corrected chi connectivity index (χ0v) is 14.1. The van der Waals surface area contributed by atoms with Crippen molar-refractivity contribution < 1.29 is 4.79 Å². The Morgan fingerprint density at radius 2 is 2.25 bits per heavy atom. The van der Waals surface area contributed by atoms with Gasteiger partial charge >= 0.3 is 0 Å². The second kappa shape index (κ2) is 6.16. The van der Waals surface area contributed by atoms with Gasteiger partial charge in [0.1, 0.15) is 17.7 Å². The first-order chi connectivity index (χ1) is 11.7. The molecule has 0 radical (unpaired) electrons. The van der Waals surface area contributed by atoms with Crippen molar-refractivity contribution in [2.75, 3.05) is 0 Å². The quantitative estimate of drug-likeness (QED) is 0.776. The summed E-state index contributed by atoms with van der Waals surface area (Å²) in [4.78, 5) is 22.0. The fourth-order valence-corrected chi connectivity index (χ4v) is 3.28. The van der Waals surface area contributed by atoms with E-state index in [2.05, 4.69) is 20.4 Å². The molecule has 0 spiro atoms. The van der Waals surface area contributed by atoms with E-state index in [0.717, 1.165) is 22.0 Å². The highest BCUT2D eigenvalue weighted by Gasteiger charge is 2.25. The number of aromatic nitrogens is 4. The van der Waals surface area contributed by atoms with Crippen molar-refractivity contribution in [3.05, 3.63) is 53.1 Å². The van der Waals surface area contributed by atoms with Gasteiger partial charge in [-0.3, -0.25) is 9.48 Å². The fraction of sp³-hybridized carbons (Fsp3) is 0.294. The van der Waals surface area contributed by atoms with E-state index in [-0.39, 0.29) is 5.91 Å². The monoisotopic (exact) mass is 339 g/mol. The van der Waals surface area contributed by atoms with Crippen molar-refractivity contribution >= 4 is 17.2 Å². The number of nitrogens with one attached hydrogen (secondary N) is 1. The van der Waals surface area contributed by atoms with Gasteiger partial charge in [-0.15, -0.1) is 11.3 Å². The maximum Gasteiger partial charge on any atom is 0.269 e. The molecule has 0 aliphatic heterocycles. The molecule has 0 atom stereocenters. The molecule has 1 N–H and O–H groups in total. The van der Waals surface area contributed by atoms with Crippen LogP contribution >= 0.6 is 11.3 Å². The Labute approximate surface area is 143 Å². The molecule has 1 aliphatic rings. The molecule has 1 amide bonds. The van der Waals surface area contributed by atoms with E-state index in [1.807, 2.05) is 29.6 Å². The number of hydrogen-bond donors (Lipinski definition) is 1. The van der Waals surface area contributed by atoms with Crippen LogP contribution in [0.3, 0.4) is 0 Å². The normalized spacial score (nSPS) is 13.9. The second-order valence-electron chi connectivity index (χ2n) is 5.91. The molecule has 0 bridgehead atoms. The van der Waals surface area contributed by atoms with Crippen LogP contribution in [0, 0.1) is 0 Å². The Kier molecular flexibility index (Phi) is 3.86. The molecule has 1 aliphatic carbocycles. The molecule has 4 rings (SSSR count). The highest BCUT2D eigenvalue weighted by atomic mass is 32.1. The first-order valence-electron chi connectivity index (χ1n) is 7.87. The summed E-state index contributed by atoms with van der Waals surface area (Å²) in [5.74, 6) is 0.423. The highest BCUT2D eigenvalue weighted by molar-refractivity contribution is 7.13. The van der Waals surface area contributed by atoms with Crippen LogP contribution in [-0.2, 0) is 13.6 Å². The van der Waals surface area contributed by atoms with Crippen LogP contribution in [0.25, 0.3) is 10.6 Å². The average molecular weight is 339 g/mol. The van der Waals surface area contributed by atoms with Gasteiger partial charge in [-0.2, -0.15) is 5.10 Å². The van der Waals surface area contributed by atoms with Gasteiger partial charge in [-0.05, 0) is 36.4 Å². The molecule has 122 valence electrons. The van der Waals surface area contributed by atoms with Crippen LogP contribution in [-0.4, -0.2) is 25.7 Å². The summed E-state index contributed by atoms with van der Waals surface area (Å²) in [6, 6.07) is 7.77. The zero-order valence-electron chi connectivity index (χ0n) is 13.3. The van der Waals surface area contributed by atoms with Gasteiger partial charge < -0.3 is 5.32 Å². The molecule has 3 aromatic heterocycles. The minimum absolute atomic E-state index is 0.153. The number of nitrogens with zero attached hydrogens (tertiary/aromatic N) is 4. The lowest BCUT2D eigenvalue weighted by molar-refractivity contribution is 0.0941. The molecule has 6 nitrogen and oxygen atoms in total. The minimum Gasteiger partial charge on any atom is -0.345 e. The highest BCUT2D eigenvalue weighted by Crippen LogP contribution is 2.38. The van der Waals surface area contributed by atoms with Crippen LogP contribution < -0.4 is 5.32 Å². The van der Waals surface area contributed by atoms with Gasteiger partial charge in [0, 0.05) is 18.7 Å². The van der Waals surface area contributed by atoms with E-state index in [0.29, 0.717) is 18.2 Å². The van der Waals surface area contributed by atoms with Gasteiger partial charge in [-0.1, -0.05) is 6.07 Å². The largest absolute Gasteiger partial charge is 0.345 e. The van der Waals surface area contributed by atoms with Crippen LogP contribution in [0.1, 0.15) is 40.6 Å². The molecule has 0 saturated heterocycles. The lowest BCUT2D eigenvalue weighted by Gasteiger charge is -2.06. The molecule has 0 unspecified atom stereocenters. The van der Waals surface area contributed by atoms with Crippen molar-refractivity contribution in [2.24, 2.45) is 7.05 Å². The second-order valence-corrected chi connectivity index (χ2v) is 6.85. The minimum atomic E-state index is -0.153. The predicted molar refractivity (Wildman–Crippen MR) is 91.7 cm³/mol. The van der Waals surface area contributed by atoms with Crippen LogP contribution in [0.4, 0.5) is 0 Å². The van der Waals surface area contributed by atoms with E-state index in [1.165, 1.54) is 12.8 Å². The summed E-state index contributed by atoms with van der Waals surface area (Å²) in [6.07, 6.45) is 3.97. The van der Waals surface area contributed by atoms with Crippen molar-refractivity contribution in [3.63, 3.8) is 0 Å². The van der Waals surface area contributed by atoms with Gasteiger partial charge in [-0.25, -0.2) is 9.97 Å². The number of amides is 1. The van der Waals surface area contributed by atoms with E-state index >= 15 is 0 Å². The van der Waals surface area contributed by atoms with E-state index in [1.54, 1.807) is 29.4 Å². The first kappa shape index (κ1) is 15.0. The van der Waals surface area contributed by atoms with Crippen molar-refractivity contribution in [1.82, 2.24) is 25.1 Å². The Bertz CT molecular complexity index is 867. The maximum atomic E-state index is 12.4. The van der Waals surface area contributed by atoms with E-state index in [9.17, 15) is 4.79 Å². The summed E-state index contributed by atoms with van der Waals surface area (Å²) in [5, 5.41) is 9.33. The summed E-state index contributed by atoms with van der Waals surface area (Å²) in [7, 11) is 1.78. The molecular formula is C17H17N5OS. The summed E-state index contributed by atoms with van der Waals surface area (Å²) in [5.41, 5.74) is 3.27. The Hall–Kier alpha value is -2.54. The third-order valence-electron chi connectivity index (χ3n) is 4.06. The average Bonchev–Trinajstić information content (AvgIpc) is 3.16. The van der Waals surface area contributed by atoms with Crippen molar-refractivity contribution in [3.8, 4) is 10.6 Å². The van der Waals surface area contributed by atoms with E-state index < -0.39 is 0 Å². The molecule has 3 heterocycles. The zero-order chi connectivity index (χ0) is 16.5. The number of rotatable bonds is 5. The standard InChI is InChI=1S/C17H17N5OS/c1-22-15(8-14(21-22)16-3-2-6-24-16)17(23)18-9-12-7-13(11-4-5-11)20-10-19-12/h2-3,6-8,10-11H,4-5,9H2,1H3,(H,18,23). The van der Waals surface area contributed by atoms with Gasteiger partial charge in [0.15, 0.2) is 0 Å². The third kappa shape index (κ3) is 3.07. The Balaban J connectivity index is 1.45. The lowest BCUT2D eigenvalue weighted by atomic mass is 10.2. The summed E-state index contributed by atoms with van der Waals surface area (Å²) >= 11 is 1.61.